The molecule has 0 saturated carbocycles. The monoisotopic (exact) mass is 290 g/mol. The number of nitrogens with one attached hydrogen (secondary N) is 2. The summed E-state index contributed by atoms with van der Waals surface area (Å²) in [5.74, 6) is 0.616. The van der Waals surface area contributed by atoms with E-state index in [0.29, 0.717) is 24.4 Å². The van der Waals surface area contributed by atoms with Crippen molar-refractivity contribution in [3.8, 4) is 5.75 Å². The molecule has 114 valence electrons. The summed E-state index contributed by atoms with van der Waals surface area (Å²) in [6.07, 6.45) is 1.24. The molecule has 5 nitrogen and oxygen atoms in total. The van der Waals surface area contributed by atoms with Crippen LogP contribution in [0.1, 0.15) is 32.8 Å². The summed E-state index contributed by atoms with van der Waals surface area (Å²) in [4.78, 5) is 23.0. The smallest absolute Gasteiger partial charge is 0.262 e. The van der Waals surface area contributed by atoms with E-state index < -0.39 is 0 Å². The predicted molar refractivity (Wildman–Crippen MR) is 81.4 cm³/mol. The second-order valence-electron chi connectivity index (χ2n) is 6.50. The maximum absolute atomic E-state index is 11.7. The number of carbonyl (C=O) groups excluding carboxylic acids is 2. The number of hydrogen-bond acceptors (Lipinski definition) is 3. The fraction of sp³-hybridized carbons (Fsp3) is 0.500. The third kappa shape index (κ3) is 4.77. The van der Waals surface area contributed by atoms with Gasteiger partial charge in [-0.05, 0) is 29.5 Å². The lowest BCUT2D eigenvalue weighted by Gasteiger charge is -2.19. The Labute approximate surface area is 125 Å². The van der Waals surface area contributed by atoms with Crippen LogP contribution in [0.3, 0.4) is 0 Å². The number of fused-ring (bicyclic) bond motifs is 1. The summed E-state index contributed by atoms with van der Waals surface area (Å²) >= 11 is 0. The largest absolute Gasteiger partial charge is 0.482 e. The summed E-state index contributed by atoms with van der Waals surface area (Å²) in [5, 5.41) is 5.70. The van der Waals surface area contributed by atoms with Crippen molar-refractivity contribution < 1.29 is 14.3 Å². The first kappa shape index (κ1) is 15.4. The van der Waals surface area contributed by atoms with Gasteiger partial charge in [-0.25, -0.2) is 0 Å². The molecule has 1 aliphatic rings. The third-order valence-corrected chi connectivity index (χ3v) is 3.10. The molecular weight excluding hydrogens is 268 g/mol. The minimum absolute atomic E-state index is 0.00246. The van der Waals surface area contributed by atoms with Gasteiger partial charge >= 0.3 is 0 Å². The number of rotatable bonds is 4. The predicted octanol–water partition coefficient (Wildman–Crippen LogP) is 2.11. The van der Waals surface area contributed by atoms with E-state index in [9.17, 15) is 9.59 Å². The highest BCUT2D eigenvalue weighted by Gasteiger charge is 2.17. The van der Waals surface area contributed by atoms with Gasteiger partial charge in [-0.15, -0.1) is 0 Å². The van der Waals surface area contributed by atoms with E-state index in [1.807, 2.05) is 39.0 Å². The van der Waals surface area contributed by atoms with E-state index in [0.717, 1.165) is 12.0 Å². The molecule has 0 bridgehead atoms. The molecule has 2 amide bonds. The third-order valence-electron chi connectivity index (χ3n) is 3.10. The van der Waals surface area contributed by atoms with Gasteiger partial charge in [0.15, 0.2) is 6.61 Å². The second-order valence-corrected chi connectivity index (χ2v) is 6.50. The summed E-state index contributed by atoms with van der Waals surface area (Å²) < 4.78 is 5.31. The molecule has 2 N–H and O–H groups in total. The van der Waals surface area contributed by atoms with Crippen LogP contribution in [0, 0.1) is 5.41 Å². The summed E-state index contributed by atoms with van der Waals surface area (Å²) in [6, 6.07) is 5.69. The van der Waals surface area contributed by atoms with Crippen LogP contribution < -0.4 is 15.4 Å². The Bertz CT molecular complexity index is 547. The summed E-state index contributed by atoms with van der Waals surface area (Å²) in [6.45, 7) is 6.77. The number of amides is 2. The fourth-order valence-electron chi connectivity index (χ4n) is 2.18. The molecule has 1 heterocycles. The fourth-order valence-corrected chi connectivity index (χ4v) is 2.18. The van der Waals surface area contributed by atoms with Crippen molar-refractivity contribution in [1.82, 2.24) is 5.32 Å². The Morgan fingerprint density at radius 3 is 2.86 bits per heavy atom. The van der Waals surface area contributed by atoms with Crippen molar-refractivity contribution in [2.75, 3.05) is 18.5 Å². The maximum atomic E-state index is 11.7. The second kappa shape index (κ2) is 6.16. The van der Waals surface area contributed by atoms with E-state index in [-0.39, 0.29) is 23.8 Å². The van der Waals surface area contributed by atoms with E-state index in [1.54, 1.807) is 0 Å². The molecule has 21 heavy (non-hydrogen) atoms. The molecule has 0 fully saturated rings. The molecule has 0 spiro atoms. The van der Waals surface area contributed by atoms with Gasteiger partial charge < -0.3 is 15.4 Å². The lowest BCUT2D eigenvalue weighted by atomic mass is 9.92. The molecule has 0 aliphatic carbocycles. The molecule has 1 aliphatic heterocycles. The molecule has 0 unspecified atom stereocenters. The molecule has 5 heteroatoms. The van der Waals surface area contributed by atoms with Crippen molar-refractivity contribution in [2.45, 2.75) is 33.6 Å². The van der Waals surface area contributed by atoms with Crippen molar-refractivity contribution in [3.63, 3.8) is 0 Å². The van der Waals surface area contributed by atoms with E-state index in [1.165, 1.54) is 0 Å². The maximum Gasteiger partial charge on any atom is 0.262 e. The minimum Gasteiger partial charge on any atom is -0.482 e. The molecule has 0 radical (unpaired) electrons. The van der Waals surface area contributed by atoms with Crippen LogP contribution in [0.4, 0.5) is 5.69 Å². The Balaban J connectivity index is 1.85. The Hall–Kier alpha value is -2.04. The zero-order chi connectivity index (χ0) is 15.5. The molecule has 2 rings (SSSR count). The number of anilines is 1. The molecule has 0 aromatic heterocycles. The van der Waals surface area contributed by atoms with Crippen LogP contribution in [0.15, 0.2) is 18.2 Å². The Morgan fingerprint density at radius 1 is 1.38 bits per heavy atom. The van der Waals surface area contributed by atoms with Crippen molar-refractivity contribution in [1.29, 1.82) is 0 Å². The Morgan fingerprint density at radius 2 is 2.14 bits per heavy atom. The molecule has 1 aromatic carbocycles. The average molecular weight is 290 g/mol. The minimum atomic E-state index is -0.141. The normalized spacial score (nSPS) is 14.0. The molecular formula is C16H22N2O3. The van der Waals surface area contributed by atoms with Gasteiger partial charge in [0, 0.05) is 13.0 Å². The van der Waals surface area contributed by atoms with Gasteiger partial charge in [0.25, 0.3) is 5.91 Å². The van der Waals surface area contributed by atoms with Crippen LogP contribution >= 0.6 is 0 Å². The van der Waals surface area contributed by atoms with Gasteiger partial charge in [-0.2, -0.15) is 0 Å². The van der Waals surface area contributed by atoms with Crippen LogP contribution in [0.2, 0.25) is 0 Å². The standard InChI is InChI=1S/C16H22N2O3/c1-16(2,3)9-14(19)17-7-6-11-4-5-13-12(8-11)18-15(20)10-21-13/h4-5,8H,6-7,9-10H2,1-3H3,(H,17,19)(H,18,20). The van der Waals surface area contributed by atoms with Gasteiger partial charge in [0.1, 0.15) is 5.75 Å². The number of ether oxygens (including phenoxy) is 1. The van der Waals surface area contributed by atoms with Crippen LogP contribution in [0.25, 0.3) is 0 Å². The highest BCUT2D eigenvalue weighted by atomic mass is 16.5. The lowest BCUT2D eigenvalue weighted by molar-refractivity contribution is -0.122. The van der Waals surface area contributed by atoms with E-state index >= 15 is 0 Å². The summed E-state index contributed by atoms with van der Waals surface area (Å²) in [5.41, 5.74) is 1.75. The average Bonchev–Trinajstić information content (AvgIpc) is 2.36. The van der Waals surface area contributed by atoms with Crippen molar-refractivity contribution in [3.05, 3.63) is 23.8 Å². The van der Waals surface area contributed by atoms with Gasteiger partial charge in [0.05, 0.1) is 5.69 Å². The van der Waals surface area contributed by atoms with Crippen molar-refractivity contribution >= 4 is 17.5 Å². The molecule has 0 atom stereocenters. The van der Waals surface area contributed by atoms with Crippen LogP contribution in [0.5, 0.6) is 5.75 Å². The molecule has 0 saturated heterocycles. The zero-order valence-corrected chi connectivity index (χ0v) is 12.8. The first-order chi connectivity index (χ1) is 9.83. The number of hydrogen-bond donors (Lipinski definition) is 2. The highest BCUT2D eigenvalue weighted by molar-refractivity contribution is 5.95. The highest BCUT2D eigenvalue weighted by Crippen LogP contribution is 2.28. The van der Waals surface area contributed by atoms with E-state index in [4.69, 9.17) is 4.74 Å². The lowest BCUT2D eigenvalue weighted by Crippen LogP contribution is -2.29. The number of carbonyl (C=O) groups is 2. The van der Waals surface area contributed by atoms with Crippen LogP contribution in [-0.2, 0) is 16.0 Å². The van der Waals surface area contributed by atoms with E-state index in [2.05, 4.69) is 10.6 Å². The SMILES string of the molecule is CC(C)(C)CC(=O)NCCc1ccc2c(c1)NC(=O)CO2. The number of benzene rings is 1. The van der Waals surface area contributed by atoms with Gasteiger partial charge in [-0.1, -0.05) is 26.8 Å². The summed E-state index contributed by atoms with van der Waals surface area (Å²) in [7, 11) is 0. The first-order valence-electron chi connectivity index (χ1n) is 7.16. The van der Waals surface area contributed by atoms with Crippen molar-refractivity contribution in [2.24, 2.45) is 5.41 Å². The van der Waals surface area contributed by atoms with Gasteiger partial charge in [-0.3, -0.25) is 9.59 Å². The van der Waals surface area contributed by atoms with Crippen LogP contribution in [-0.4, -0.2) is 25.0 Å². The zero-order valence-electron chi connectivity index (χ0n) is 12.8. The van der Waals surface area contributed by atoms with Gasteiger partial charge in [0.2, 0.25) is 5.91 Å². The quantitative estimate of drug-likeness (QED) is 0.892. The molecule has 1 aromatic rings. The first-order valence-corrected chi connectivity index (χ1v) is 7.16. The topological polar surface area (TPSA) is 67.4 Å². The Kier molecular flexibility index (Phi) is 4.50.